The lowest BCUT2D eigenvalue weighted by molar-refractivity contribution is -0.142. The highest BCUT2D eigenvalue weighted by Gasteiger charge is 2.26. The highest BCUT2D eigenvalue weighted by atomic mass is 35.5. The minimum absolute atomic E-state index is 0.210. The molecular formula is C12H16ClNO2. The molecule has 1 amide bonds. The first-order valence-corrected chi connectivity index (χ1v) is 5.62. The van der Waals surface area contributed by atoms with Crippen LogP contribution in [0.1, 0.15) is 19.4 Å². The average Bonchev–Trinajstić information content (AvgIpc) is 2.30. The fraction of sp³-hybridized carbons (Fsp3) is 0.417. The van der Waals surface area contributed by atoms with Crippen molar-refractivity contribution in [2.45, 2.75) is 20.5 Å². The average molecular weight is 242 g/mol. The van der Waals surface area contributed by atoms with E-state index in [1.807, 2.05) is 30.3 Å². The van der Waals surface area contributed by atoms with E-state index in [-0.39, 0.29) is 11.8 Å². The smallest absolute Gasteiger partial charge is 0.250 e. The Kier molecular flexibility index (Phi) is 4.77. The molecule has 1 rings (SSSR count). The minimum Gasteiger partial charge on any atom is -0.272 e. The third kappa shape index (κ3) is 3.83. The van der Waals surface area contributed by atoms with Gasteiger partial charge in [-0.2, -0.15) is 0 Å². The summed E-state index contributed by atoms with van der Waals surface area (Å²) in [5.74, 6) is 0.0477. The Balaban J connectivity index is 2.34. The first kappa shape index (κ1) is 13.0. The van der Waals surface area contributed by atoms with E-state index in [9.17, 15) is 4.79 Å². The molecule has 0 aliphatic heterocycles. The molecule has 3 nitrogen and oxygen atoms in total. The van der Waals surface area contributed by atoms with Crippen molar-refractivity contribution in [3.63, 3.8) is 0 Å². The van der Waals surface area contributed by atoms with Gasteiger partial charge in [-0.25, -0.2) is 5.48 Å². The lowest BCUT2D eigenvalue weighted by Crippen LogP contribution is -2.37. The van der Waals surface area contributed by atoms with Crippen LogP contribution in [0.2, 0.25) is 0 Å². The lowest BCUT2D eigenvalue weighted by Gasteiger charge is -2.19. The summed E-state index contributed by atoms with van der Waals surface area (Å²) in [5.41, 5.74) is 2.79. The molecular weight excluding hydrogens is 226 g/mol. The Morgan fingerprint density at radius 2 is 2.00 bits per heavy atom. The van der Waals surface area contributed by atoms with Gasteiger partial charge in [0.25, 0.3) is 0 Å². The third-order valence-corrected chi connectivity index (χ3v) is 2.86. The highest BCUT2D eigenvalue weighted by Crippen LogP contribution is 2.16. The van der Waals surface area contributed by atoms with E-state index >= 15 is 0 Å². The number of alkyl halides is 1. The Hall–Kier alpha value is -1.06. The van der Waals surface area contributed by atoms with Gasteiger partial charge in [-0.05, 0) is 19.4 Å². The topological polar surface area (TPSA) is 38.3 Å². The van der Waals surface area contributed by atoms with Gasteiger partial charge in [0.05, 0.1) is 12.0 Å². The van der Waals surface area contributed by atoms with Gasteiger partial charge in [0.15, 0.2) is 0 Å². The molecule has 1 aromatic rings. The van der Waals surface area contributed by atoms with Crippen molar-refractivity contribution in [1.29, 1.82) is 0 Å². The zero-order valence-corrected chi connectivity index (χ0v) is 10.3. The van der Waals surface area contributed by atoms with Crippen molar-refractivity contribution in [2.75, 3.05) is 5.88 Å². The van der Waals surface area contributed by atoms with E-state index in [4.69, 9.17) is 16.4 Å². The molecule has 0 fully saturated rings. The quantitative estimate of drug-likeness (QED) is 0.636. The Morgan fingerprint density at radius 3 is 2.56 bits per heavy atom. The van der Waals surface area contributed by atoms with E-state index in [1.165, 1.54) is 0 Å². The van der Waals surface area contributed by atoms with Crippen molar-refractivity contribution in [3.05, 3.63) is 35.9 Å². The summed E-state index contributed by atoms with van der Waals surface area (Å²) in [6, 6.07) is 9.63. The maximum Gasteiger partial charge on any atom is 0.250 e. The van der Waals surface area contributed by atoms with Crippen molar-refractivity contribution < 1.29 is 9.63 Å². The van der Waals surface area contributed by atoms with Crippen LogP contribution < -0.4 is 5.48 Å². The first-order chi connectivity index (χ1) is 7.56. The predicted molar refractivity (Wildman–Crippen MR) is 63.9 cm³/mol. The van der Waals surface area contributed by atoms with Crippen LogP contribution >= 0.6 is 11.6 Å². The number of benzene rings is 1. The van der Waals surface area contributed by atoms with Crippen LogP contribution in [-0.4, -0.2) is 11.8 Å². The monoisotopic (exact) mass is 241 g/mol. The van der Waals surface area contributed by atoms with Gasteiger partial charge >= 0.3 is 0 Å². The molecule has 1 N–H and O–H groups in total. The number of carbonyl (C=O) groups excluding carboxylic acids is 1. The summed E-state index contributed by atoms with van der Waals surface area (Å²) in [5, 5.41) is 0. The predicted octanol–water partition coefficient (Wildman–Crippen LogP) is 2.50. The van der Waals surface area contributed by atoms with Gasteiger partial charge < -0.3 is 0 Å². The first-order valence-electron chi connectivity index (χ1n) is 5.08. The van der Waals surface area contributed by atoms with Gasteiger partial charge in [0.1, 0.15) is 0 Å². The molecule has 0 aliphatic carbocycles. The molecule has 0 bridgehead atoms. The Morgan fingerprint density at radius 1 is 1.38 bits per heavy atom. The lowest BCUT2D eigenvalue weighted by atomic mass is 9.96. The molecule has 0 saturated heterocycles. The van der Waals surface area contributed by atoms with Gasteiger partial charge in [-0.15, -0.1) is 11.6 Å². The number of hydrogen-bond donors (Lipinski definition) is 1. The third-order valence-electron chi connectivity index (χ3n) is 2.20. The fourth-order valence-electron chi connectivity index (χ4n) is 0.958. The molecule has 0 radical (unpaired) electrons. The molecule has 0 aromatic heterocycles. The van der Waals surface area contributed by atoms with Crippen LogP contribution in [0.25, 0.3) is 0 Å². The maximum absolute atomic E-state index is 11.6. The van der Waals surface area contributed by atoms with E-state index in [2.05, 4.69) is 5.48 Å². The summed E-state index contributed by atoms with van der Waals surface area (Å²) < 4.78 is 0. The number of carbonyl (C=O) groups is 1. The van der Waals surface area contributed by atoms with E-state index in [0.717, 1.165) is 5.56 Å². The van der Waals surface area contributed by atoms with Gasteiger partial charge in [0, 0.05) is 5.88 Å². The second-order valence-corrected chi connectivity index (χ2v) is 4.49. The summed E-state index contributed by atoms with van der Waals surface area (Å²) in [4.78, 5) is 16.7. The second kappa shape index (κ2) is 5.87. The van der Waals surface area contributed by atoms with E-state index < -0.39 is 5.41 Å². The number of hydroxylamine groups is 1. The maximum atomic E-state index is 11.6. The molecule has 0 atom stereocenters. The number of amides is 1. The van der Waals surface area contributed by atoms with Gasteiger partial charge in [-0.1, -0.05) is 30.3 Å². The molecule has 0 heterocycles. The van der Waals surface area contributed by atoms with Gasteiger partial charge in [0.2, 0.25) is 5.91 Å². The Bertz CT molecular complexity index is 338. The number of halogens is 1. The van der Waals surface area contributed by atoms with E-state index in [1.54, 1.807) is 13.8 Å². The summed E-state index contributed by atoms with van der Waals surface area (Å²) in [6.45, 7) is 3.88. The SMILES string of the molecule is CC(C)(CCl)C(=O)NOCc1ccccc1. The summed E-state index contributed by atoms with van der Waals surface area (Å²) in [6.07, 6.45) is 0. The summed E-state index contributed by atoms with van der Waals surface area (Å²) >= 11 is 5.67. The largest absolute Gasteiger partial charge is 0.272 e. The number of hydrogen-bond acceptors (Lipinski definition) is 2. The number of rotatable bonds is 5. The molecule has 4 heteroatoms. The van der Waals surface area contributed by atoms with Gasteiger partial charge in [-0.3, -0.25) is 9.63 Å². The van der Waals surface area contributed by atoms with E-state index in [0.29, 0.717) is 6.61 Å². The van der Waals surface area contributed by atoms with Crippen molar-refractivity contribution in [2.24, 2.45) is 5.41 Å². The molecule has 88 valence electrons. The van der Waals surface area contributed by atoms with Crippen molar-refractivity contribution in [1.82, 2.24) is 5.48 Å². The van der Waals surface area contributed by atoms with Crippen LogP contribution in [0.5, 0.6) is 0 Å². The molecule has 0 spiro atoms. The minimum atomic E-state index is -0.613. The zero-order chi connectivity index (χ0) is 12.0. The molecule has 1 aromatic carbocycles. The zero-order valence-electron chi connectivity index (χ0n) is 9.50. The normalized spacial score (nSPS) is 11.2. The van der Waals surface area contributed by atoms with Crippen LogP contribution in [-0.2, 0) is 16.2 Å². The standard InChI is InChI=1S/C12H16ClNO2/c1-12(2,9-13)11(15)14-16-8-10-6-4-3-5-7-10/h3-7H,8-9H2,1-2H3,(H,14,15). The highest BCUT2D eigenvalue weighted by molar-refractivity contribution is 6.19. The Labute approximate surface area is 101 Å². The van der Waals surface area contributed by atoms with Crippen LogP contribution in [0, 0.1) is 5.41 Å². The molecule has 16 heavy (non-hydrogen) atoms. The van der Waals surface area contributed by atoms with Crippen LogP contribution in [0.3, 0.4) is 0 Å². The van der Waals surface area contributed by atoms with Crippen LogP contribution in [0.15, 0.2) is 30.3 Å². The molecule has 0 unspecified atom stereocenters. The molecule has 0 aliphatic rings. The molecule has 0 saturated carbocycles. The number of nitrogens with one attached hydrogen (secondary N) is 1. The fourth-order valence-corrected chi connectivity index (χ4v) is 1.08. The van der Waals surface area contributed by atoms with Crippen LogP contribution in [0.4, 0.5) is 0 Å². The van der Waals surface area contributed by atoms with Crippen molar-refractivity contribution in [3.8, 4) is 0 Å². The van der Waals surface area contributed by atoms with Crippen molar-refractivity contribution >= 4 is 17.5 Å². The second-order valence-electron chi connectivity index (χ2n) is 4.22. The summed E-state index contributed by atoms with van der Waals surface area (Å²) in [7, 11) is 0.